The van der Waals surface area contributed by atoms with Crippen LogP contribution < -0.4 is 10.2 Å². The summed E-state index contributed by atoms with van der Waals surface area (Å²) in [5.41, 5.74) is 5.75. The lowest BCUT2D eigenvalue weighted by atomic mass is 10.0. The summed E-state index contributed by atoms with van der Waals surface area (Å²) >= 11 is 6.12. The van der Waals surface area contributed by atoms with Crippen LogP contribution >= 0.6 is 11.6 Å². The van der Waals surface area contributed by atoms with E-state index >= 15 is 0 Å². The van der Waals surface area contributed by atoms with E-state index < -0.39 is 0 Å². The molecule has 23 heavy (non-hydrogen) atoms. The third-order valence-corrected chi connectivity index (χ3v) is 4.01. The van der Waals surface area contributed by atoms with Crippen molar-refractivity contribution in [2.75, 3.05) is 12.5 Å². The molecule has 3 aromatic rings. The molecule has 0 aliphatic heterocycles. The molecule has 0 bridgehead atoms. The summed E-state index contributed by atoms with van der Waals surface area (Å²) in [7, 11) is 1.67. The van der Waals surface area contributed by atoms with Crippen LogP contribution in [0, 0.1) is 0 Å². The van der Waals surface area contributed by atoms with Gasteiger partial charge in [-0.3, -0.25) is 5.43 Å². The molecule has 116 valence electrons. The van der Waals surface area contributed by atoms with Crippen molar-refractivity contribution < 1.29 is 4.74 Å². The highest BCUT2D eigenvalue weighted by Gasteiger charge is 2.02. The third-order valence-electron chi connectivity index (χ3n) is 3.68. The standard InChI is InChI=1S/C19H17ClN2O/c1-13(21-22-19-6-4-3-5-18(19)20)14-7-8-16-12-17(23-2)10-9-15(16)11-14/h3-12,22H,1-2H3/b21-13+. The van der Waals surface area contributed by atoms with Gasteiger partial charge in [0.15, 0.2) is 0 Å². The summed E-state index contributed by atoms with van der Waals surface area (Å²) in [4.78, 5) is 0. The molecule has 3 aromatic carbocycles. The molecule has 3 rings (SSSR count). The SMILES string of the molecule is COc1ccc2cc(/C(C)=N/Nc3ccccc3Cl)ccc2c1. The number of halogens is 1. The average Bonchev–Trinajstić information content (AvgIpc) is 2.59. The highest BCUT2D eigenvalue weighted by molar-refractivity contribution is 6.33. The molecule has 0 radical (unpaired) electrons. The predicted molar refractivity (Wildman–Crippen MR) is 97.8 cm³/mol. The number of nitrogens with zero attached hydrogens (tertiary/aromatic N) is 1. The first-order chi connectivity index (χ1) is 11.2. The highest BCUT2D eigenvalue weighted by atomic mass is 35.5. The monoisotopic (exact) mass is 324 g/mol. The van der Waals surface area contributed by atoms with Gasteiger partial charge < -0.3 is 4.74 Å². The van der Waals surface area contributed by atoms with Crippen molar-refractivity contribution in [3.63, 3.8) is 0 Å². The normalized spacial score (nSPS) is 11.5. The van der Waals surface area contributed by atoms with Gasteiger partial charge in [-0.15, -0.1) is 0 Å². The van der Waals surface area contributed by atoms with Crippen molar-refractivity contribution in [2.24, 2.45) is 5.10 Å². The first-order valence-electron chi connectivity index (χ1n) is 7.30. The van der Waals surface area contributed by atoms with E-state index in [4.69, 9.17) is 16.3 Å². The van der Waals surface area contributed by atoms with E-state index in [-0.39, 0.29) is 0 Å². The zero-order valence-electron chi connectivity index (χ0n) is 13.0. The van der Waals surface area contributed by atoms with E-state index in [1.54, 1.807) is 7.11 Å². The maximum Gasteiger partial charge on any atom is 0.119 e. The molecule has 1 N–H and O–H groups in total. The topological polar surface area (TPSA) is 33.6 Å². The van der Waals surface area contributed by atoms with E-state index in [1.165, 1.54) is 0 Å². The van der Waals surface area contributed by atoms with Crippen molar-refractivity contribution in [1.29, 1.82) is 0 Å². The predicted octanol–water partition coefficient (Wildman–Crippen LogP) is 5.34. The van der Waals surface area contributed by atoms with E-state index in [0.717, 1.165) is 33.5 Å². The van der Waals surface area contributed by atoms with E-state index in [1.807, 2.05) is 49.4 Å². The van der Waals surface area contributed by atoms with Crippen LogP contribution in [-0.4, -0.2) is 12.8 Å². The van der Waals surface area contributed by atoms with Crippen molar-refractivity contribution in [1.82, 2.24) is 0 Å². The van der Waals surface area contributed by atoms with Crippen LogP contribution in [0.3, 0.4) is 0 Å². The molecule has 0 unspecified atom stereocenters. The lowest BCUT2D eigenvalue weighted by Crippen LogP contribution is -2.00. The van der Waals surface area contributed by atoms with Crippen molar-refractivity contribution in [2.45, 2.75) is 6.92 Å². The Kier molecular flexibility index (Phi) is 4.49. The van der Waals surface area contributed by atoms with Crippen LogP contribution in [-0.2, 0) is 0 Å². The number of nitrogens with one attached hydrogen (secondary N) is 1. The molecule has 0 amide bonds. The second-order valence-electron chi connectivity index (χ2n) is 5.22. The van der Waals surface area contributed by atoms with Crippen LogP contribution in [0.1, 0.15) is 12.5 Å². The van der Waals surface area contributed by atoms with Crippen LogP contribution in [0.15, 0.2) is 65.8 Å². The van der Waals surface area contributed by atoms with Gasteiger partial charge in [-0.1, -0.05) is 41.9 Å². The van der Waals surface area contributed by atoms with Crippen molar-refractivity contribution >= 4 is 33.8 Å². The van der Waals surface area contributed by atoms with Gasteiger partial charge in [0, 0.05) is 0 Å². The second kappa shape index (κ2) is 6.71. The molecule has 0 aliphatic rings. The minimum absolute atomic E-state index is 0.648. The zero-order chi connectivity index (χ0) is 16.2. The minimum Gasteiger partial charge on any atom is -0.497 e. The second-order valence-corrected chi connectivity index (χ2v) is 5.62. The molecule has 0 fully saturated rings. The van der Waals surface area contributed by atoms with Crippen LogP contribution in [0.25, 0.3) is 10.8 Å². The number of fused-ring (bicyclic) bond motifs is 1. The summed E-state index contributed by atoms with van der Waals surface area (Å²) in [5.74, 6) is 0.857. The number of anilines is 1. The fourth-order valence-corrected chi connectivity index (χ4v) is 2.51. The van der Waals surface area contributed by atoms with Gasteiger partial charge in [-0.05, 0) is 53.6 Å². The molecule has 0 aliphatic carbocycles. The first-order valence-corrected chi connectivity index (χ1v) is 7.68. The molecular weight excluding hydrogens is 308 g/mol. The molecule has 0 aromatic heterocycles. The average molecular weight is 325 g/mol. The Hall–Kier alpha value is -2.52. The zero-order valence-corrected chi connectivity index (χ0v) is 13.8. The van der Waals surface area contributed by atoms with E-state index in [0.29, 0.717) is 5.02 Å². The molecule has 4 heteroatoms. The Balaban J connectivity index is 1.87. The number of para-hydroxylation sites is 1. The third kappa shape index (κ3) is 3.46. The largest absolute Gasteiger partial charge is 0.497 e. The van der Waals surface area contributed by atoms with E-state index in [2.05, 4.69) is 28.7 Å². The lowest BCUT2D eigenvalue weighted by Gasteiger charge is -2.07. The highest BCUT2D eigenvalue weighted by Crippen LogP contribution is 2.23. The van der Waals surface area contributed by atoms with Gasteiger partial charge in [0.25, 0.3) is 0 Å². The van der Waals surface area contributed by atoms with Crippen LogP contribution in [0.5, 0.6) is 5.75 Å². The summed E-state index contributed by atoms with van der Waals surface area (Å²) in [6.45, 7) is 1.97. The van der Waals surface area contributed by atoms with Gasteiger partial charge in [0.2, 0.25) is 0 Å². The molecule has 0 spiro atoms. The Bertz CT molecular complexity index is 874. The van der Waals surface area contributed by atoms with Crippen molar-refractivity contribution in [3.05, 3.63) is 71.2 Å². The summed E-state index contributed by atoms with van der Waals surface area (Å²) in [6.07, 6.45) is 0. The number of hydrogen-bond acceptors (Lipinski definition) is 3. The van der Waals surface area contributed by atoms with Crippen LogP contribution in [0.4, 0.5) is 5.69 Å². The molecule has 3 nitrogen and oxygen atoms in total. The summed E-state index contributed by atoms with van der Waals surface area (Å²) < 4.78 is 5.25. The first kappa shape index (κ1) is 15.4. The van der Waals surface area contributed by atoms with Crippen molar-refractivity contribution in [3.8, 4) is 5.75 Å². The maximum atomic E-state index is 6.12. The smallest absolute Gasteiger partial charge is 0.119 e. The molecule has 0 atom stereocenters. The Labute approximate surface area is 140 Å². The minimum atomic E-state index is 0.648. The molecular formula is C19H17ClN2O. The quantitative estimate of drug-likeness (QED) is 0.519. The molecule has 0 saturated carbocycles. The molecule has 0 saturated heterocycles. The van der Waals surface area contributed by atoms with E-state index in [9.17, 15) is 0 Å². The van der Waals surface area contributed by atoms with Gasteiger partial charge in [0.05, 0.1) is 23.5 Å². The summed E-state index contributed by atoms with van der Waals surface area (Å²) in [5, 5.41) is 7.36. The summed E-state index contributed by atoms with van der Waals surface area (Å²) in [6, 6.07) is 19.8. The van der Waals surface area contributed by atoms with Crippen LogP contribution in [0.2, 0.25) is 5.02 Å². The van der Waals surface area contributed by atoms with Gasteiger partial charge in [-0.25, -0.2) is 0 Å². The number of hydrazone groups is 1. The fraction of sp³-hybridized carbons (Fsp3) is 0.105. The Morgan fingerprint density at radius 1 is 1.00 bits per heavy atom. The lowest BCUT2D eigenvalue weighted by molar-refractivity contribution is 0.415. The maximum absolute atomic E-state index is 6.12. The fourth-order valence-electron chi connectivity index (χ4n) is 2.34. The van der Waals surface area contributed by atoms with Gasteiger partial charge in [-0.2, -0.15) is 5.10 Å². The number of rotatable bonds is 4. The Morgan fingerprint density at radius 3 is 2.52 bits per heavy atom. The number of methoxy groups -OCH3 is 1. The van der Waals surface area contributed by atoms with Gasteiger partial charge >= 0.3 is 0 Å². The van der Waals surface area contributed by atoms with Gasteiger partial charge in [0.1, 0.15) is 5.75 Å². The number of benzene rings is 3. The molecule has 0 heterocycles. The number of hydrogen-bond donors (Lipinski definition) is 1. The number of ether oxygens (including phenoxy) is 1. The Morgan fingerprint density at radius 2 is 1.74 bits per heavy atom.